The van der Waals surface area contributed by atoms with Crippen LogP contribution in [0.4, 0.5) is 0 Å². The van der Waals surface area contributed by atoms with E-state index >= 15 is 0 Å². The van der Waals surface area contributed by atoms with Crippen LogP contribution in [0.1, 0.15) is 0 Å². The molecule has 15 heavy (non-hydrogen) atoms. The van der Waals surface area contributed by atoms with Crippen molar-refractivity contribution in [2.75, 3.05) is 6.26 Å². The maximum atomic E-state index is 11.3. The molecule has 7 heteroatoms. The second-order valence-corrected chi connectivity index (χ2v) is 5.20. The van der Waals surface area contributed by atoms with Gasteiger partial charge in [0.1, 0.15) is 0 Å². The number of imidazole rings is 1. The quantitative estimate of drug-likeness (QED) is 0.788. The van der Waals surface area contributed by atoms with E-state index in [9.17, 15) is 8.42 Å². The maximum absolute atomic E-state index is 11.3. The Morgan fingerprint density at radius 2 is 2.20 bits per heavy atom. The summed E-state index contributed by atoms with van der Waals surface area (Å²) in [5, 5.41) is 5.78. The maximum Gasteiger partial charge on any atom is 0.254 e. The minimum atomic E-state index is -3.72. The summed E-state index contributed by atoms with van der Waals surface area (Å²) in [4.78, 5) is 4.09. The summed E-state index contributed by atoms with van der Waals surface area (Å²) < 4.78 is 24.2. The highest BCUT2D eigenvalue weighted by atomic mass is 32.2. The van der Waals surface area contributed by atoms with Crippen LogP contribution in [0.25, 0.3) is 5.52 Å². The van der Waals surface area contributed by atoms with E-state index in [1.165, 1.54) is 22.2 Å². The third-order valence-corrected chi connectivity index (χ3v) is 3.51. The van der Waals surface area contributed by atoms with Crippen molar-refractivity contribution in [1.29, 1.82) is 0 Å². The van der Waals surface area contributed by atoms with E-state index in [1.807, 2.05) is 6.26 Å². The number of nitrogens with zero attached hydrogens (tertiary/aromatic N) is 2. The van der Waals surface area contributed by atoms with Crippen molar-refractivity contribution in [2.45, 2.75) is 10.2 Å². The topological polar surface area (TPSA) is 77.5 Å². The first kappa shape index (κ1) is 10.5. The van der Waals surface area contributed by atoms with Gasteiger partial charge in [0.2, 0.25) is 0 Å². The van der Waals surface area contributed by atoms with Crippen molar-refractivity contribution in [3.05, 3.63) is 24.4 Å². The van der Waals surface area contributed by atoms with Crippen molar-refractivity contribution in [1.82, 2.24) is 9.38 Å². The molecule has 0 aliphatic carbocycles. The van der Waals surface area contributed by atoms with Crippen LogP contribution < -0.4 is 5.14 Å². The molecule has 2 rings (SSSR count). The number of rotatable bonds is 2. The standard InChI is InChI=1S/C8H9N3O2S2/c1-14-8-10-5-6-3-2-4-7(11(6)8)15(9,12)13/h2-5H,1H3,(H2,9,12,13). The molecule has 0 aliphatic rings. The van der Waals surface area contributed by atoms with E-state index in [1.54, 1.807) is 18.3 Å². The zero-order valence-electron chi connectivity index (χ0n) is 7.91. The molecule has 0 radical (unpaired) electrons. The van der Waals surface area contributed by atoms with Gasteiger partial charge in [0.15, 0.2) is 10.2 Å². The third-order valence-electron chi connectivity index (χ3n) is 1.96. The lowest BCUT2D eigenvalue weighted by molar-refractivity contribution is 0.590. The van der Waals surface area contributed by atoms with Crippen LogP contribution in [0.2, 0.25) is 0 Å². The van der Waals surface area contributed by atoms with E-state index in [0.717, 1.165) is 0 Å². The molecule has 0 saturated heterocycles. The minimum absolute atomic E-state index is 0.0573. The molecule has 0 fully saturated rings. The van der Waals surface area contributed by atoms with E-state index < -0.39 is 10.0 Å². The normalized spacial score (nSPS) is 12.1. The first-order valence-corrected chi connectivity index (χ1v) is 6.84. The van der Waals surface area contributed by atoms with E-state index in [2.05, 4.69) is 4.98 Å². The van der Waals surface area contributed by atoms with Crippen molar-refractivity contribution in [2.24, 2.45) is 5.14 Å². The highest BCUT2D eigenvalue weighted by Crippen LogP contribution is 2.20. The van der Waals surface area contributed by atoms with Gasteiger partial charge in [0.25, 0.3) is 10.0 Å². The van der Waals surface area contributed by atoms with Gasteiger partial charge in [-0.25, -0.2) is 18.5 Å². The van der Waals surface area contributed by atoms with Crippen LogP contribution in [-0.2, 0) is 10.0 Å². The van der Waals surface area contributed by atoms with Crippen LogP contribution in [0.3, 0.4) is 0 Å². The molecule has 0 amide bonds. The number of hydrogen-bond donors (Lipinski definition) is 1. The monoisotopic (exact) mass is 243 g/mol. The zero-order chi connectivity index (χ0) is 11.1. The lowest BCUT2D eigenvalue weighted by atomic mass is 10.4. The molecule has 0 unspecified atom stereocenters. The number of hydrogen-bond acceptors (Lipinski definition) is 4. The molecule has 0 aromatic carbocycles. The summed E-state index contributed by atoms with van der Waals surface area (Å²) in [7, 11) is -3.72. The molecule has 0 atom stereocenters. The van der Waals surface area contributed by atoms with E-state index in [4.69, 9.17) is 5.14 Å². The first-order chi connectivity index (χ1) is 7.04. The zero-order valence-corrected chi connectivity index (χ0v) is 9.55. The fraction of sp³-hybridized carbons (Fsp3) is 0.125. The van der Waals surface area contributed by atoms with Crippen molar-refractivity contribution in [3.63, 3.8) is 0 Å². The highest BCUT2D eigenvalue weighted by molar-refractivity contribution is 7.98. The largest absolute Gasteiger partial charge is 0.277 e. The molecule has 0 spiro atoms. The van der Waals surface area contributed by atoms with Gasteiger partial charge >= 0.3 is 0 Å². The smallest absolute Gasteiger partial charge is 0.254 e. The number of thioether (sulfide) groups is 1. The Kier molecular flexibility index (Phi) is 2.45. The Balaban J connectivity index is 2.90. The average Bonchev–Trinajstić information content (AvgIpc) is 2.58. The molecule has 2 N–H and O–H groups in total. The highest BCUT2D eigenvalue weighted by Gasteiger charge is 2.14. The van der Waals surface area contributed by atoms with Gasteiger partial charge in [-0.2, -0.15) is 0 Å². The van der Waals surface area contributed by atoms with Crippen molar-refractivity contribution < 1.29 is 8.42 Å². The molecule has 80 valence electrons. The fourth-order valence-corrected chi connectivity index (χ4v) is 2.67. The van der Waals surface area contributed by atoms with Crippen molar-refractivity contribution >= 4 is 27.3 Å². The Labute approximate surface area is 91.4 Å². The van der Waals surface area contributed by atoms with Gasteiger partial charge in [0.05, 0.1) is 11.7 Å². The average molecular weight is 243 g/mol. The number of primary sulfonamides is 1. The number of pyridine rings is 1. The van der Waals surface area contributed by atoms with Gasteiger partial charge in [-0.15, -0.1) is 0 Å². The SMILES string of the molecule is CSc1ncc2cccc(S(N)(=O)=O)n12. The van der Waals surface area contributed by atoms with Gasteiger partial charge < -0.3 is 0 Å². The first-order valence-electron chi connectivity index (χ1n) is 4.07. The predicted molar refractivity (Wildman–Crippen MR) is 58.3 cm³/mol. The third kappa shape index (κ3) is 1.73. The molecular weight excluding hydrogens is 234 g/mol. The second-order valence-electron chi connectivity index (χ2n) is 2.91. The number of nitrogens with two attached hydrogens (primary N) is 1. The molecular formula is C8H9N3O2S2. The molecule has 2 aromatic heterocycles. The Morgan fingerprint density at radius 3 is 2.80 bits per heavy atom. The molecule has 2 aromatic rings. The van der Waals surface area contributed by atoms with E-state index in [0.29, 0.717) is 10.7 Å². The molecule has 0 saturated carbocycles. The molecule has 2 heterocycles. The van der Waals surface area contributed by atoms with Gasteiger partial charge in [0, 0.05) is 0 Å². The van der Waals surface area contributed by atoms with Crippen molar-refractivity contribution in [3.8, 4) is 0 Å². The Hall–Kier alpha value is -1.05. The predicted octanol–water partition coefficient (Wildman–Crippen LogP) is 0.704. The number of fused-ring (bicyclic) bond motifs is 1. The van der Waals surface area contributed by atoms with Gasteiger partial charge in [-0.1, -0.05) is 17.8 Å². The van der Waals surface area contributed by atoms with Crippen LogP contribution in [0.5, 0.6) is 0 Å². The molecule has 5 nitrogen and oxygen atoms in total. The lowest BCUT2D eigenvalue weighted by Crippen LogP contribution is -2.16. The molecule has 0 aliphatic heterocycles. The number of aromatic nitrogens is 2. The molecule has 0 bridgehead atoms. The van der Waals surface area contributed by atoms with Gasteiger partial charge in [-0.3, -0.25) is 4.40 Å². The summed E-state index contributed by atoms with van der Waals surface area (Å²) >= 11 is 1.37. The van der Waals surface area contributed by atoms with Crippen LogP contribution in [0, 0.1) is 0 Å². The summed E-state index contributed by atoms with van der Waals surface area (Å²) in [5.41, 5.74) is 0.714. The number of sulfonamides is 1. The summed E-state index contributed by atoms with van der Waals surface area (Å²) in [6.07, 6.45) is 3.44. The summed E-state index contributed by atoms with van der Waals surface area (Å²) in [5.74, 6) is 0. The van der Waals surface area contributed by atoms with Crippen LogP contribution in [0.15, 0.2) is 34.6 Å². The second kappa shape index (κ2) is 3.51. The van der Waals surface area contributed by atoms with E-state index in [-0.39, 0.29) is 5.03 Å². The summed E-state index contributed by atoms with van der Waals surface area (Å²) in [6, 6.07) is 4.88. The summed E-state index contributed by atoms with van der Waals surface area (Å²) in [6.45, 7) is 0. The van der Waals surface area contributed by atoms with Crippen LogP contribution >= 0.6 is 11.8 Å². The van der Waals surface area contributed by atoms with Crippen LogP contribution in [-0.4, -0.2) is 24.1 Å². The fourth-order valence-electron chi connectivity index (χ4n) is 1.36. The lowest BCUT2D eigenvalue weighted by Gasteiger charge is -2.04. The Bertz CT molecular complexity index is 603. The van der Waals surface area contributed by atoms with Gasteiger partial charge in [-0.05, 0) is 18.4 Å². The minimum Gasteiger partial charge on any atom is -0.277 e. The Morgan fingerprint density at radius 1 is 1.47 bits per heavy atom.